The fourth-order valence-electron chi connectivity index (χ4n) is 3.64. The summed E-state index contributed by atoms with van der Waals surface area (Å²) < 4.78 is 1.21. The van der Waals surface area contributed by atoms with Gasteiger partial charge in [-0.2, -0.15) is 0 Å². The van der Waals surface area contributed by atoms with Crippen molar-refractivity contribution in [2.45, 2.75) is 45.7 Å². The van der Waals surface area contributed by atoms with E-state index in [1.165, 1.54) is 29.5 Å². The Morgan fingerprint density at radius 1 is 1.29 bits per heavy atom. The molecule has 0 radical (unpaired) electrons. The maximum Gasteiger partial charge on any atom is 0.0340 e. The average molecular weight is 353 g/mol. The fourth-order valence-corrected chi connectivity index (χ4v) is 4.20. The molecule has 2 nitrogen and oxygen atoms in total. The fraction of sp³-hybridized carbons (Fsp3) is 0.667. The summed E-state index contributed by atoms with van der Waals surface area (Å²) in [5.74, 6) is 1.64. The molecular weight excluding hydrogens is 324 g/mol. The Morgan fingerprint density at radius 3 is 2.67 bits per heavy atom. The highest BCUT2D eigenvalue weighted by Crippen LogP contribution is 2.29. The molecule has 1 heterocycles. The van der Waals surface area contributed by atoms with Crippen LogP contribution in [0, 0.1) is 11.8 Å². The van der Waals surface area contributed by atoms with E-state index in [0.717, 1.165) is 18.3 Å². The van der Waals surface area contributed by atoms with Crippen molar-refractivity contribution in [2.24, 2.45) is 11.8 Å². The van der Waals surface area contributed by atoms with Crippen LogP contribution in [0.15, 0.2) is 28.7 Å². The van der Waals surface area contributed by atoms with E-state index in [1.807, 2.05) is 0 Å². The zero-order valence-corrected chi connectivity index (χ0v) is 15.4. The molecule has 1 aromatic rings. The predicted octanol–water partition coefficient (Wildman–Crippen LogP) is 4.47. The van der Waals surface area contributed by atoms with Crippen LogP contribution in [0.3, 0.4) is 0 Å². The second-order valence-electron chi connectivity index (χ2n) is 6.71. The van der Waals surface area contributed by atoms with Crippen molar-refractivity contribution in [3.8, 4) is 0 Å². The molecule has 4 atom stereocenters. The molecule has 0 bridgehead atoms. The minimum Gasteiger partial charge on any atom is -0.313 e. The normalized spacial score (nSPS) is 28.5. The van der Waals surface area contributed by atoms with Crippen LogP contribution in [0.2, 0.25) is 0 Å². The van der Waals surface area contributed by atoms with E-state index in [2.05, 4.69) is 78.2 Å². The largest absolute Gasteiger partial charge is 0.313 e. The third kappa shape index (κ3) is 4.30. The molecule has 0 aromatic heterocycles. The molecule has 1 aliphatic rings. The number of benzene rings is 1. The topological polar surface area (TPSA) is 15.3 Å². The van der Waals surface area contributed by atoms with Gasteiger partial charge >= 0.3 is 0 Å². The van der Waals surface area contributed by atoms with Crippen LogP contribution in [0.1, 0.15) is 45.2 Å². The van der Waals surface area contributed by atoms with Gasteiger partial charge in [0.1, 0.15) is 0 Å². The average Bonchev–Trinajstić information content (AvgIpc) is 2.46. The van der Waals surface area contributed by atoms with Gasteiger partial charge in [0.2, 0.25) is 0 Å². The first-order valence-electron chi connectivity index (χ1n) is 8.18. The highest BCUT2D eigenvalue weighted by atomic mass is 79.9. The lowest BCUT2D eigenvalue weighted by Gasteiger charge is -2.41. The van der Waals surface area contributed by atoms with E-state index in [1.54, 1.807) is 0 Å². The molecule has 0 aliphatic carbocycles. The van der Waals surface area contributed by atoms with Gasteiger partial charge in [-0.1, -0.05) is 48.0 Å². The lowest BCUT2D eigenvalue weighted by atomic mass is 9.85. The molecule has 1 aromatic carbocycles. The lowest BCUT2D eigenvalue weighted by molar-refractivity contribution is 0.0760. The molecule has 0 saturated carbocycles. The zero-order chi connectivity index (χ0) is 15.4. The summed E-state index contributed by atoms with van der Waals surface area (Å²) in [7, 11) is 2.06. The second kappa shape index (κ2) is 7.75. The molecule has 1 N–H and O–H groups in total. The summed E-state index contributed by atoms with van der Waals surface area (Å²) >= 11 is 3.68. The summed E-state index contributed by atoms with van der Waals surface area (Å²) in [6, 6.07) is 9.68. The van der Waals surface area contributed by atoms with Crippen molar-refractivity contribution in [3.63, 3.8) is 0 Å². The van der Waals surface area contributed by atoms with E-state index in [0.29, 0.717) is 12.1 Å². The standard InChI is InChI=1S/C18H29BrN2/c1-13-11-14(2)15(3)21(12-13)10-9-18(20-4)16-7-5-6-8-17(16)19/h5-8,13-15,18,20H,9-12H2,1-4H3. The third-order valence-corrected chi connectivity index (χ3v) is 5.78. The van der Waals surface area contributed by atoms with Gasteiger partial charge < -0.3 is 10.2 Å². The highest BCUT2D eigenvalue weighted by molar-refractivity contribution is 9.10. The summed E-state index contributed by atoms with van der Waals surface area (Å²) in [6.07, 6.45) is 2.53. The molecule has 1 saturated heterocycles. The molecule has 21 heavy (non-hydrogen) atoms. The van der Waals surface area contributed by atoms with Crippen molar-refractivity contribution < 1.29 is 0 Å². The lowest BCUT2D eigenvalue weighted by Crippen LogP contribution is -2.46. The smallest absolute Gasteiger partial charge is 0.0340 e. The van der Waals surface area contributed by atoms with E-state index in [-0.39, 0.29) is 0 Å². The Kier molecular flexibility index (Phi) is 6.27. The first kappa shape index (κ1) is 17.0. The van der Waals surface area contributed by atoms with Gasteiger partial charge in [0.05, 0.1) is 0 Å². The van der Waals surface area contributed by atoms with Crippen LogP contribution in [-0.2, 0) is 0 Å². The maximum atomic E-state index is 3.68. The van der Waals surface area contributed by atoms with E-state index in [4.69, 9.17) is 0 Å². The molecule has 0 spiro atoms. The van der Waals surface area contributed by atoms with Crippen molar-refractivity contribution in [2.75, 3.05) is 20.1 Å². The zero-order valence-electron chi connectivity index (χ0n) is 13.8. The molecule has 118 valence electrons. The highest BCUT2D eigenvalue weighted by Gasteiger charge is 2.28. The van der Waals surface area contributed by atoms with Gasteiger partial charge in [0.15, 0.2) is 0 Å². The van der Waals surface area contributed by atoms with Crippen molar-refractivity contribution >= 4 is 15.9 Å². The van der Waals surface area contributed by atoms with E-state index >= 15 is 0 Å². The molecule has 3 heteroatoms. The van der Waals surface area contributed by atoms with Crippen molar-refractivity contribution in [1.29, 1.82) is 0 Å². The van der Waals surface area contributed by atoms with Gasteiger partial charge in [0.25, 0.3) is 0 Å². The maximum absolute atomic E-state index is 3.68. The minimum atomic E-state index is 0.417. The number of halogens is 1. The first-order valence-corrected chi connectivity index (χ1v) is 8.98. The van der Waals surface area contributed by atoms with Crippen LogP contribution in [-0.4, -0.2) is 31.1 Å². The van der Waals surface area contributed by atoms with E-state index < -0.39 is 0 Å². The van der Waals surface area contributed by atoms with Gasteiger partial charge in [-0.15, -0.1) is 0 Å². The Hall–Kier alpha value is -0.380. The Morgan fingerprint density at radius 2 is 2.00 bits per heavy atom. The monoisotopic (exact) mass is 352 g/mol. The Labute approximate surface area is 138 Å². The number of nitrogens with zero attached hydrogens (tertiary/aromatic N) is 1. The molecule has 2 rings (SSSR count). The minimum absolute atomic E-state index is 0.417. The van der Waals surface area contributed by atoms with E-state index in [9.17, 15) is 0 Å². The van der Waals surface area contributed by atoms with Gasteiger partial charge in [0, 0.05) is 29.6 Å². The van der Waals surface area contributed by atoms with Crippen molar-refractivity contribution in [1.82, 2.24) is 10.2 Å². The molecular formula is C18H29BrN2. The summed E-state index contributed by atoms with van der Waals surface area (Å²) in [5.41, 5.74) is 1.37. The molecule has 4 unspecified atom stereocenters. The van der Waals surface area contributed by atoms with Gasteiger partial charge in [-0.05, 0) is 50.3 Å². The summed E-state index contributed by atoms with van der Waals surface area (Å²) in [6.45, 7) is 9.60. The quantitative estimate of drug-likeness (QED) is 0.840. The van der Waals surface area contributed by atoms with Crippen molar-refractivity contribution in [3.05, 3.63) is 34.3 Å². The molecule has 1 fully saturated rings. The van der Waals surface area contributed by atoms with Gasteiger partial charge in [-0.3, -0.25) is 0 Å². The van der Waals surface area contributed by atoms with Crippen LogP contribution in [0.25, 0.3) is 0 Å². The SMILES string of the molecule is CNC(CCN1CC(C)CC(C)C1C)c1ccccc1Br. The first-order chi connectivity index (χ1) is 10.0. The van der Waals surface area contributed by atoms with Gasteiger partial charge in [-0.25, -0.2) is 0 Å². The third-order valence-electron chi connectivity index (χ3n) is 5.05. The number of rotatable bonds is 5. The summed E-state index contributed by atoms with van der Waals surface area (Å²) in [4.78, 5) is 2.68. The number of piperidine rings is 1. The molecule has 1 aliphatic heterocycles. The van der Waals surface area contributed by atoms with Crippen LogP contribution < -0.4 is 5.32 Å². The number of likely N-dealkylation sites (tertiary alicyclic amines) is 1. The Balaban J connectivity index is 1.98. The predicted molar refractivity (Wildman–Crippen MR) is 94.5 cm³/mol. The van der Waals surface area contributed by atoms with Crippen LogP contribution in [0.4, 0.5) is 0 Å². The number of hydrogen-bond acceptors (Lipinski definition) is 2. The second-order valence-corrected chi connectivity index (χ2v) is 7.56. The molecule has 0 amide bonds. The summed E-state index contributed by atoms with van der Waals surface area (Å²) in [5, 5.41) is 3.48. The van der Waals surface area contributed by atoms with Crippen LogP contribution in [0.5, 0.6) is 0 Å². The van der Waals surface area contributed by atoms with Crippen LogP contribution >= 0.6 is 15.9 Å². The Bertz CT molecular complexity index is 449. The number of nitrogens with one attached hydrogen (secondary N) is 1. The number of hydrogen-bond donors (Lipinski definition) is 1.